The van der Waals surface area contributed by atoms with E-state index in [1.165, 1.54) is 0 Å². The Bertz CT molecular complexity index is 851. The number of nitrogens with one attached hydrogen (secondary N) is 2. The van der Waals surface area contributed by atoms with Crippen molar-refractivity contribution < 1.29 is 14.3 Å². The summed E-state index contributed by atoms with van der Waals surface area (Å²) in [5, 5.41) is 6.73. The summed E-state index contributed by atoms with van der Waals surface area (Å²) in [4.78, 5) is 24.8. The molecule has 2 N–H and O–H groups in total. The molecule has 0 saturated carbocycles. The van der Waals surface area contributed by atoms with Gasteiger partial charge in [-0.2, -0.15) is 5.10 Å². The lowest BCUT2D eigenvalue weighted by molar-refractivity contribution is -0.130. The van der Waals surface area contributed by atoms with Crippen molar-refractivity contribution in [3.05, 3.63) is 64.1 Å². The monoisotopic (exact) mass is 459 g/mol. The zero-order chi connectivity index (χ0) is 21.2. The second kappa shape index (κ2) is 11.4. The summed E-state index contributed by atoms with van der Waals surface area (Å²) < 4.78 is 6.52. The van der Waals surface area contributed by atoms with Gasteiger partial charge in [-0.3, -0.25) is 9.59 Å². The molecule has 2 aromatic rings. The zero-order valence-corrected chi connectivity index (χ0v) is 18.4. The first kappa shape index (κ1) is 22.6. The van der Waals surface area contributed by atoms with Gasteiger partial charge in [0.2, 0.25) is 0 Å². The molecule has 0 aliphatic carbocycles. The van der Waals surface area contributed by atoms with E-state index in [4.69, 9.17) is 4.74 Å². The van der Waals surface area contributed by atoms with Gasteiger partial charge in [-0.05, 0) is 48.6 Å². The van der Waals surface area contributed by atoms with Crippen LogP contribution in [0.5, 0.6) is 5.75 Å². The van der Waals surface area contributed by atoms with Crippen molar-refractivity contribution in [2.45, 2.75) is 33.2 Å². The SMILES string of the molecule is Cc1ccccc1OCC(=O)N[C@@H](CC(C)C)C(=O)N/N=C\c1ccc(Br)cc1. The molecule has 0 unspecified atom stereocenters. The first-order valence-corrected chi connectivity index (χ1v) is 10.2. The topological polar surface area (TPSA) is 79.8 Å². The summed E-state index contributed by atoms with van der Waals surface area (Å²) >= 11 is 3.37. The van der Waals surface area contributed by atoms with Crippen molar-refractivity contribution in [3.63, 3.8) is 0 Å². The first-order valence-electron chi connectivity index (χ1n) is 9.41. The summed E-state index contributed by atoms with van der Waals surface area (Å²) in [6, 6.07) is 14.3. The number of aryl methyl sites for hydroxylation is 1. The molecule has 0 saturated heterocycles. The minimum Gasteiger partial charge on any atom is -0.484 e. The number of ether oxygens (including phenoxy) is 1. The normalized spacial score (nSPS) is 12.0. The van der Waals surface area contributed by atoms with Gasteiger partial charge in [0, 0.05) is 4.47 Å². The van der Waals surface area contributed by atoms with E-state index in [1.807, 2.05) is 63.2 Å². The third-order valence-corrected chi connectivity index (χ3v) is 4.60. The van der Waals surface area contributed by atoms with Gasteiger partial charge >= 0.3 is 0 Å². The Morgan fingerprint density at radius 1 is 1.14 bits per heavy atom. The van der Waals surface area contributed by atoms with Crippen molar-refractivity contribution in [3.8, 4) is 5.75 Å². The maximum Gasteiger partial charge on any atom is 0.262 e. The van der Waals surface area contributed by atoms with E-state index in [9.17, 15) is 9.59 Å². The summed E-state index contributed by atoms with van der Waals surface area (Å²) in [5.74, 6) is 0.146. The highest BCUT2D eigenvalue weighted by molar-refractivity contribution is 9.10. The van der Waals surface area contributed by atoms with Gasteiger partial charge < -0.3 is 10.1 Å². The molecule has 0 aliphatic rings. The van der Waals surface area contributed by atoms with E-state index in [-0.39, 0.29) is 24.3 Å². The Hall–Kier alpha value is -2.67. The lowest BCUT2D eigenvalue weighted by Gasteiger charge is -2.19. The molecule has 2 aromatic carbocycles. The molecule has 7 heteroatoms. The number of carbonyl (C=O) groups is 2. The van der Waals surface area contributed by atoms with E-state index >= 15 is 0 Å². The van der Waals surface area contributed by atoms with E-state index in [0.29, 0.717) is 12.2 Å². The fraction of sp³-hybridized carbons (Fsp3) is 0.318. The van der Waals surface area contributed by atoms with E-state index in [2.05, 4.69) is 31.8 Å². The summed E-state index contributed by atoms with van der Waals surface area (Å²) in [5.41, 5.74) is 4.30. The molecular formula is C22H26BrN3O3. The average molecular weight is 460 g/mol. The standard InChI is InChI=1S/C22H26BrN3O3/c1-15(2)12-19(22(28)26-24-13-17-8-10-18(23)11-9-17)25-21(27)14-29-20-7-5-4-6-16(20)3/h4-11,13,15,19H,12,14H2,1-3H3,(H,25,27)(H,26,28)/b24-13-/t19-/m0/s1. The third-order valence-electron chi connectivity index (χ3n) is 4.07. The van der Waals surface area contributed by atoms with E-state index in [0.717, 1.165) is 15.6 Å². The van der Waals surface area contributed by atoms with Crippen LogP contribution in [-0.2, 0) is 9.59 Å². The maximum absolute atomic E-state index is 12.5. The fourth-order valence-corrected chi connectivity index (χ4v) is 2.86. The largest absolute Gasteiger partial charge is 0.484 e. The molecule has 1 atom stereocenters. The van der Waals surface area contributed by atoms with Crippen molar-refractivity contribution in [2.24, 2.45) is 11.0 Å². The average Bonchev–Trinajstić information content (AvgIpc) is 2.68. The van der Waals surface area contributed by atoms with Crippen LogP contribution in [0.25, 0.3) is 0 Å². The van der Waals surface area contributed by atoms with Gasteiger partial charge in [0.15, 0.2) is 6.61 Å². The molecule has 0 aromatic heterocycles. The Balaban J connectivity index is 1.91. The highest BCUT2D eigenvalue weighted by atomic mass is 79.9. The molecule has 2 rings (SSSR count). The number of benzene rings is 2. The molecule has 154 valence electrons. The predicted octanol–water partition coefficient (Wildman–Crippen LogP) is 3.82. The highest BCUT2D eigenvalue weighted by Crippen LogP contribution is 2.16. The molecule has 6 nitrogen and oxygen atoms in total. The van der Waals surface area contributed by atoms with Gasteiger partial charge in [-0.25, -0.2) is 5.43 Å². The highest BCUT2D eigenvalue weighted by Gasteiger charge is 2.22. The van der Waals surface area contributed by atoms with Crippen molar-refractivity contribution in [1.29, 1.82) is 0 Å². The molecule has 2 amide bonds. The van der Waals surface area contributed by atoms with Crippen LogP contribution >= 0.6 is 15.9 Å². The number of rotatable bonds is 9. The Morgan fingerprint density at radius 3 is 2.48 bits per heavy atom. The van der Waals surface area contributed by atoms with Crippen molar-refractivity contribution >= 4 is 34.0 Å². The Kier molecular flexibility index (Phi) is 8.86. The second-order valence-electron chi connectivity index (χ2n) is 7.09. The van der Waals surface area contributed by atoms with Gasteiger partial charge in [0.25, 0.3) is 11.8 Å². The van der Waals surface area contributed by atoms with E-state index < -0.39 is 6.04 Å². The van der Waals surface area contributed by atoms with Crippen LogP contribution in [0.2, 0.25) is 0 Å². The number of para-hydroxylation sites is 1. The minimum absolute atomic E-state index is 0.158. The van der Waals surface area contributed by atoms with Crippen molar-refractivity contribution in [1.82, 2.24) is 10.7 Å². The fourth-order valence-electron chi connectivity index (χ4n) is 2.60. The number of carbonyl (C=O) groups excluding carboxylic acids is 2. The van der Waals surface area contributed by atoms with Gasteiger partial charge in [0.1, 0.15) is 11.8 Å². The molecular weight excluding hydrogens is 434 g/mol. The smallest absolute Gasteiger partial charge is 0.262 e. The van der Waals surface area contributed by atoms with Crippen LogP contribution in [0.15, 0.2) is 58.1 Å². The minimum atomic E-state index is -0.690. The number of nitrogens with zero attached hydrogens (tertiary/aromatic N) is 1. The van der Waals surface area contributed by atoms with Gasteiger partial charge in [-0.1, -0.05) is 60.1 Å². The summed E-state index contributed by atoms with van der Waals surface area (Å²) in [6.45, 7) is 5.73. The van der Waals surface area contributed by atoms with E-state index in [1.54, 1.807) is 12.3 Å². The van der Waals surface area contributed by atoms with Crippen LogP contribution in [0.1, 0.15) is 31.4 Å². The molecule has 0 aliphatic heterocycles. The Labute approximate surface area is 179 Å². The first-order chi connectivity index (χ1) is 13.8. The molecule has 0 bridgehead atoms. The predicted molar refractivity (Wildman–Crippen MR) is 118 cm³/mol. The molecule has 0 spiro atoms. The van der Waals surface area contributed by atoms with Gasteiger partial charge in [0.05, 0.1) is 6.21 Å². The third kappa shape index (κ3) is 8.07. The summed E-state index contributed by atoms with van der Waals surface area (Å²) in [6.07, 6.45) is 2.05. The molecule has 0 radical (unpaired) electrons. The van der Waals surface area contributed by atoms with Crippen molar-refractivity contribution in [2.75, 3.05) is 6.61 Å². The van der Waals surface area contributed by atoms with Crippen LogP contribution in [0, 0.1) is 12.8 Å². The number of halogens is 1. The number of hydrogen-bond acceptors (Lipinski definition) is 4. The molecule has 0 heterocycles. The number of amides is 2. The van der Waals surface area contributed by atoms with Crippen LogP contribution < -0.4 is 15.5 Å². The number of hydrogen-bond donors (Lipinski definition) is 2. The molecule has 0 fully saturated rings. The van der Waals surface area contributed by atoms with Crippen LogP contribution in [0.3, 0.4) is 0 Å². The lowest BCUT2D eigenvalue weighted by atomic mass is 10.0. The lowest BCUT2D eigenvalue weighted by Crippen LogP contribution is -2.47. The van der Waals surface area contributed by atoms with Crippen LogP contribution in [-0.4, -0.2) is 30.7 Å². The van der Waals surface area contributed by atoms with Crippen LogP contribution in [0.4, 0.5) is 0 Å². The maximum atomic E-state index is 12.5. The molecule has 29 heavy (non-hydrogen) atoms. The zero-order valence-electron chi connectivity index (χ0n) is 16.8. The quantitative estimate of drug-likeness (QED) is 0.441. The summed E-state index contributed by atoms with van der Waals surface area (Å²) in [7, 11) is 0. The van der Waals surface area contributed by atoms with Gasteiger partial charge in [-0.15, -0.1) is 0 Å². The number of hydrazone groups is 1. The Morgan fingerprint density at radius 2 is 1.83 bits per heavy atom. The second-order valence-corrected chi connectivity index (χ2v) is 8.01.